The van der Waals surface area contributed by atoms with Crippen LogP contribution in [0.2, 0.25) is 5.28 Å². The highest BCUT2D eigenvalue weighted by Gasteiger charge is 2.29. The van der Waals surface area contributed by atoms with Crippen molar-refractivity contribution in [3.8, 4) is 0 Å². The highest BCUT2D eigenvalue weighted by atomic mass is 35.5. The van der Waals surface area contributed by atoms with Crippen molar-refractivity contribution in [3.63, 3.8) is 0 Å². The Labute approximate surface area is 275 Å². The van der Waals surface area contributed by atoms with Gasteiger partial charge in [-0.25, -0.2) is 19.9 Å². The van der Waals surface area contributed by atoms with Gasteiger partial charge in [-0.3, -0.25) is 15.1 Å². The number of rotatable bonds is 6. The number of nitro groups is 1. The Morgan fingerprint density at radius 1 is 0.766 bits per heavy atom. The molecule has 6 aromatic rings. The first-order valence-electron chi connectivity index (χ1n) is 15.8. The molecule has 3 unspecified atom stereocenters. The van der Waals surface area contributed by atoms with E-state index in [1.165, 1.54) is 11.1 Å². The predicted octanol–water partition coefficient (Wildman–Crippen LogP) is 7.69. The highest BCUT2D eigenvalue weighted by molar-refractivity contribution is 6.28. The number of benzene rings is 2. The topological polar surface area (TPSA) is 145 Å². The molecule has 4 aromatic heterocycles. The first-order valence-corrected chi connectivity index (χ1v) is 16.2. The molecule has 234 valence electrons. The van der Waals surface area contributed by atoms with Crippen molar-refractivity contribution in [3.05, 3.63) is 123 Å². The van der Waals surface area contributed by atoms with E-state index in [1.807, 2.05) is 30.3 Å². The lowest BCUT2D eigenvalue weighted by atomic mass is 9.87. The molecule has 0 spiro atoms. The van der Waals surface area contributed by atoms with Gasteiger partial charge in [0, 0.05) is 29.9 Å². The molecule has 0 bridgehead atoms. The Morgan fingerprint density at radius 3 is 2.55 bits per heavy atom. The predicted molar refractivity (Wildman–Crippen MR) is 181 cm³/mol. The van der Waals surface area contributed by atoms with Crippen LogP contribution >= 0.6 is 11.6 Å². The third-order valence-electron chi connectivity index (χ3n) is 9.34. The van der Waals surface area contributed by atoms with Crippen molar-refractivity contribution in [1.29, 1.82) is 0 Å². The van der Waals surface area contributed by atoms with Crippen LogP contribution in [0.3, 0.4) is 0 Å². The van der Waals surface area contributed by atoms with E-state index in [1.54, 1.807) is 24.7 Å². The Bertz CT molecular complexity index is 2160. The molecule has 11 nitrogen and oxygen atoms in total. The van der Waals surface area contributed by atoms with Crippen LogP contribution in [0.1, 0.15) is 71.6 Å². The number of halogens is 1. The molecule has 0 amide bonds. The van der Waals surface area contributed by atoms with E-state index in [0.717, 1.165) is 66.4 Å². The van der Waals surface area contributed by atoms with E-state index in [-0.39, 0.29) is 33.9 Å². The van der Waals surface area contributed by atoms with Crippen LogP contribution < -0.4 is 10.6 Å². The number of hydrogen-bond donors (Lipinski definition) is 2. The van der Waals surface area contributed by atoms with Crippen LogP contribution in [-0.4, -0.2) is 34.8 Å². The van der Waals surface area contributed by atoms with Crippen molar-refractivity contribution < 1.29 is 4.92 Å². The van der Waals surface area contributed by atoms with Crippen LogP contribution in [0.15, 0.2) is 79.3 Å². The fourth-order valence-electron chi connectivity index (χ4n) is 7.07. The van der Waals surface area contributed by atoms with E-state index in [4.69, 9.17) is 16.6 Å². The van der Waals surface area contributed by atoms with Crippen LogP contribution in [0.5, 0.6) is 0 Å². The molecule has 0 saturated carbocycles. The summed E-state index contributed by atoms with van der Waals surface area (Å²) < 4.78 is 0. The van der Waals surface area contributed by atoms with Crippen LogP contribution in [0.25, 0.3) is 22.1 Å². The van der Waals surface area contributed by atoms with Gasteiger partial charge >= 0.3 is 0 Å². The summed E-state index contributed by atoms with van der Waals surface area (Å²) in [7, 11) is 0. The van der Waals surface area contributed by atoms with Crippen LogP contribution in [0.4, 0.5) is 17.3 Å². The van der Waals surface area contributed by atoms with Crippen molar-refractivity contribution in [1.82, 2.24) is 29.9 Å². The van der Waals surface area contributed by atoms with E-state index < -0.39 is 0 Å². The molecule has 2 aliphatic carbocycles. The van der Waals surface area contributed by atoms with E-state index in [2.05, 4.69) is 59.8 Å². The zero-order valence-corrected chi connectivity index (χ0v) is 26.1. The molecular weight excluding hydrogens is 614 g/mol. The van der Waals surface area contributed by atoms with E-state index in [0.29, 0.717) is 22.7 Å². The van der Waals surface area contributed by atoms with Crippen LogP contribution in [-0.2, 0) is 12.8 Å². The number of nitrogens with zero attached hydrogens (tertiary/aromatic N) is 7. The Kier molecular flexibility index (Phi) is 7.53. The first-order chi connectivity index (χ1) is 23.0. The van der Waals surface area contributed by atoms with Crippen molar-refractivity contribution in [2.75, 3.05) is 10.6 Å². The average molecular weight is 644 g/mol. The summed E-state index contributed by atoms with van der Waals surface area (Å²) in [6.45, 7) is 0. The number of nitro benzene ring substituents is 1. The Morgan fingerprint density at radius 2 is 1.64 bits per heavy atom. The molecule has 4 heterocycles. The Balaban J connectivity index is 1.15. The molecule has 0 radical (unpaired) electrons. The number of non-ortho nitro benzene ring substituents is 1. The summed E-state index contributed by atoms with van der Waals surface area (Å²) in [6.07, 6.45) is 8.55. The quantitative estimate of drug-likeness (QED) is 0.0802. The molecule has 47 heavy (non-hydrogen) atoms. The summed E-state index contributed by atoms with van der Waals surface area (Å²) in [5.74, 6) is 1.34. The summed E-state index contributed by atoms with van der Waals surface area (Å²) in [5.41, 5.74) is 8.34. The number of pyridine rings is 2. The summed E-state index contributed by atoms with van der Waals surface area (Å²) >= 11 is 6.40. The minimum atomic E-state index is -0.354. The lowest BCUT2D eigenvalue weighted by Gasteiger charge is -2.27. The zero-order chi connectivity index (χ0) is 31.9. The number of nitrogens with one attached hydrogen (secondary N) is 2. The third-order valence-corrected chi connectivity index (χ3v) is 9.51. The van der Waals surface area contributed by atoms with Gasteiger partial charge in [0.2, 0.25) is 5.28 Å². The van der Waals surface area contributed by atoms with Gasteiger partial charge in [-0.05, 0) is 96.6 Å². The number of aryl methyl sites for hydroxylation is 2. The molecule has 2 N–H and O–H groups in total. The van der Waals surface area contributed by atoms with Gasteiger partial charge in [0.05, 0.1) is 28.0 Å². The molecule has 0 saturated heterocycles. The molecule has 2 aromatic carbocycles. The maximum Gasteiger partial charge on any atom is 0.269 e. The van der Waals surface area contributed by atoms with Gasteiger partial charge in [0.1, 0.15) is 17.4 Å². The van der Waals surface area contributed by atoms with Crippen molar-refractivity contribution >= 4 is 51.0 Å². The van der Waals surface area contributed by atoms with Crippen molar-refractivity contribution in [2.45, 2.75) is 56.5 Å². The summed E-state index contributed by atoms with van der Waals surface area (Å²) in [5, 5.41) is 18.9. The summed E-state index contributed by atoms with van der Waals surface area (Å²) in [6, 6.07) is 21.2. The lowest BCUT2D eigenvalue weighted by Crippen LogP contribution is -2.19. The largest absolute Gasteiger partial charge is 0.361 e. The highest BCUT2D eigenvalue weighted by Crippen LogP contribution is 2.40. The fourth-order valence-corrected chi connectivity index (χ4v) is 7.25. The first kappa shape index (κ1) is 29.1. The molecule has 0 fully saturated rings. The van der Waals surface area contributed by atoms with Gasteiger partial charge in [-0.15, -0.1) is 0 Å². The number of aromatic nitrogens is 6. The second-order valence-electron chi connectivity index (χ2n) is 12.1. The zero-order valence-electron chi connectivity index (χ0n) is 25.3. The molecule has 12 heteroatoms. The van der Waals surface area contributed by atoms with Gasteiger partial charge in [0.15, 0.2) is 11.6 Å². The second-order valence-corrected chi connectivity index (χ2v) is 12.5. The minimum absolute atomic E-state index is 0.0371. The average Bonchev–Trinajstić information content (AvgIpc) is 3.28. The van der Waals surface area contributed by atoms with Crippen LogP contribution in [0, 0.1) is 10.1 Å². The SMILES string of the molecule is O=[N+]([O-])c1ccc2c(c1)C(Nc1nc(Cl)nc3ccc(C4CCc5ccccc5C(Nc5ncnc6cccnc56)C4)nc13)CCC2. The second kappa shape index (κ2) is 12.1. The standard InChI is InChI=1S/C35H30ClN9O2/c36-35-43-29-15-14-26(40-32(29)34(44-35)41-27-8-3-6-21-12-13-23(45(46)47)18-25(21)27)22-11-10-20-5-1-2-7-24(20)30(17-22)42-33-31-28(38-19-39-33)9-4-16-37-31/h1-2,4-5,7,9,12-16,18-19,22,27,30H,3,6,8,10-11,17H2,(H,38,39,42)(H,41,43,44). The number of anilines is 2. The van der Waals surface area contributed by atoms with Gasteiger partial charge in [-0.1, -0.05) is 30.3 Å². The maximum atomic E-state index is 11.6. The van der Waals surface area contributed by atoms with Gasteiger partial charge in [0.25, 0.3) is 5.69 Å². The molecular formula is C35H30ClN9O2. The number of hydrogen-bond acceptors (Lipinski definition) is 10. The monoisotopic (exact) mass is 643 g/mol. The molecule has 0 aliphatic heterocycles. The smallest absolute Gasteiger partial charge is 0.269 e. The van der Waals surface area contributed by atoms with Gasteiger partial charge in [-0.2, -0.15) is 4.98 Å². The molecule has 2 aliphatic rings. The van der Waals surface area contributed by atoms with Gasteiger partial charge < -0.3 is 10.6 Å². The van der Waals surface area contributed by atoms with E-state index in [9.17, 15) is 10.1 Å². The van der Waals surface area contributed by atoms with E-state index >= 15 is 0 Å². The normalized spacial score (nSPS) is 19.0. The maximum absolute atomic E-state index is 11.6. The third kappa shape index (κ3) is 5.67. The molecule has 8 rings (SSSR count). The lowest BCUT2D eigenvalue weighted by molar-refractivity contribution is -0.385. The number of fused-ring (bicyclic) bond motifs is 4. The Hall–Kier alpha value is -5.29. The van der Waals surface area contributed by atoms with Crippen molar-refractivity contribution in [2.24, 2.45) is 0 Å². The fraction of sp³-hybridized carbons (Fsp3) is 0.257. The summed E-state index contributed by atoms with van der Waals surface area (Å²) in [4.78, 5) is 39.0. The molecule has 3 atom stereocenters. The minimum Gasteiger partial charge on any atom is -0.361 e.